The van der Waals surface area contributed by atoms with Gasteiger partial charge in [0, 0.05) is 13.0 Å². The largest absolute Gasteiger partial charge is 0.291 e. The van der Waals surface area contributed by atoms with Gasteiger partial charge in [-0.05, 0) is 35.8 Å². The molecule has 1 heterocycles. The standard InChI is InChI=1S/C13H16FNS2/c1-16-13(17-2)9-11(7-8-15-13)10-3-5-12(14)6-4-10/h3-7,15H,8-9H2,1-2H3. The zero-order valence-corrected chi connectivity index (χ0v) is 11.6. The third kappa shape index (κ3) is 2.87. The number of nitrogens with one attached hydrogen (secondary N) is 1. The Morgan fingerprint density at radius 3 is 2.41 bits per heavy atom. The van der Waals surface area contributed by atoms with Crippen molar-refractivity contribution < 1.29 is 4.39 Å². The van der Waals surface area contributed by atoms with Crippen molar-refractivity contribution in [3.05, 3.63) is 41.7 Å². The van der Waals surface area contributed by atoms with Crippen LogP contribution in [0.5, 0.6) is 0 Å². The average Bonchev–Trinajstić information content (AvgIpc) is 2.39. The average molecular weight is 269 g/mol. The summed E-state index contributed by atoms with van der Waals surface area (Å²) in [5, 5.41) is 3.52. The Labute approximate surface area is 110 Å². The normalized spacial score (nSPS) is 18.9. The molecule has 0 fully saturated rings. The van der Waals surface area contributed by atoms with Gasteiger partial charge >= 0.3 is 0 Å². The van der Waals surface area contributed by atoms with Crippen LogP contribution in [-0.2, 0) is 0 Å². The third-order valence-corrected chi connectivity index (χ3v) is 5.91. The number of hydrogen-bond acceptors (Lipinski definition) is 3. The predicted octanol–water partition coefficient (Wildman–Crippen LogP) is 3.58. The highest BCUT2D eigenvalue weighted by Crippen LogP contribution is 2.41. The molecule has 1 aliphatic heterocycles. The molecule has 0 radical (unpaired) electrons. The first-order valence-electron chi connectivity index (χ1n) is 5.49. The maximum atomic E-state index is 12.9. The summed E-state index contributed by atoms with van der Waals surface area (Å²) in [5.41, 5.74) is 2.42. The molecule has 1 aromatic carbocycles. The van der Waals surface area contributed by atoms with Gasteiger partial charge in [-0.1, -0.05) is 18.2 Å². The first kappa shape index (κ1) is 13.0. The van der Waals surface area contributed by atoms with E-state index in [9.17, 15) is 4.39 Å². The monoisotopic (exact) mass is 269 g/mol. The summed E-state index contributed by atoms with van der Waals surface area (Å²) >= 11 is 3.66. The predicted molar refractivity (Wildman–Crippen MR) is 76.8 cm³/mol. The fourth-order valence-corrected chi connectivity index (χ4v) is 3.69. The van der Waals surface area contributed by atoms with Crippen LogP contribution in [0.1, 0.15) is 12.0 Å². The summed E-state index contributed by atoms with van der Waals surface area (Å²) in [6.45, 7) is 0.869. The highest BCUT2D eigenvalue weighted by molar-refractivity contribution is 8.17. The first-order valence-corrected chi connectivity index (χ1v) is 7.94. The molecule has 92 valence electrons. The zero-order chi connectivity index (χ0) is 12.3. The van der Waals surface area contributed by atoms with Crippen LogP contribution in [-0.4, -0.2) is 23.3 Å². The summed E-state index contributed by atoms with van der Waals surface area (Å²) in [5.74, 6) is -0.177. The molecular formula is C13H16FNS2. The first-order chi connectivity index (χ1) is 8.19. The number of thioether (sulfide) groups is 2. The molecule has 4 heteroatoms. The van der Waals surface area contributed by atoms with Crippen molar-refractivity contribution in [1.82, 2.24) is 5.32 Å². The van der Waals surface area contributed by atoms with Gasteiger partial charge in [-0.2, -0.15) is 0 Å². The smallest absolute Gasteiger partial charge is 0.123 e. The van der Waals surface area contributed by atoms with Crippen LogP contribution >= 0.6 is 23.5 Å². The highest BCUT2D eigenvalue weighted by Gasteiger charge is 2.31. The molecule has 0 saturated heterocycles. The van der Waals surface area contributed by atoms with E-state index in [1.165, 1.54) is 17.7 Å². The second-order valence-corrected chi connectivity index (χ2v) is 6.42. The summed E-state index contributed by atoms with van der Waals surface area (Å²) in [7, 11) is 0. The Balaban J connectivity index is 2.22. The highest BCUT2D eigenvalue weighted by atomic mass is 32.2. The lowest BCUT2D eigenvalue weighted by molar-refractivity contribution is 0.627. The van der Waals surface area contributed by atoms with E-state index < -0.39 is 0 Å². The molecule has 0 aliphatic carbocycles. The van der Waals surface area contributed by atoms with Gasteiger partial charge in [0.1, 0.15) is 10.0 Å². The molecule has 1 N–H and O–H groups in total. The van der Waals surface area contributed by atoms with Crippen LogP contribution in [0.3, 0.4) is 0 Å². The molecule has 0 spiro atoms. The molecule has 0 saturated carbocycles. The van der Waals surface area contributed by atoms with E-state index in [0.717, 1.165) is 18.5 Å². The maximum Gasteiger partial charge on any atom is 0.123 e. The van der Waals surface area contributed by atoms with Crippen molar-refractivity contribution in [3.8, 4) is 0 Å². The summed E-state index contributed by atoms with van der Waals surface area (Å²) in [4.78, 5) is 0. The minimum absolute atomic E-state index is 0.0540. The summed E-state index contributed by atoms with van der Waals surface area (Å²) in [6, 6.07) is 6.77. The molecule has 0 amide bonds. The lowest BCUT2D eigenvalue weighted by Crippen LogP contribution is -2.41. The minimum atomic E-state index is -0.177. The van der Waals surface area contributed by atoms with E-state index in [-0.39, 0.29) is 10.0 Å². The fraction of sp³-hybridized carbons (Fsp3) is 0.385. The molecule has 17 heavy (non-hydrogen) atoms. The Morgan fingerprint density at radius 1 is 1.18 bits per heavy atom. The van der Waals surface area contributed by atoms with E-state index in [1.54, 1.807) is 0 Å². The molecule has 2 rings (SSSR count). The Bertz CT molecular complexity index is 410. The number of benzene rings is 1. The minimum Gasteiger partial charge on any atom is -0.291 e. The quantitative estimate of drug-likeness (QED) is 0.842. The topological polar surface area (TPSA) is 12.0 Å². The second-order valence-electron chi connectivity index (χ2n) is 3.96. The molecule has 0 aromatic heterocycles. The van der Waals surface area contributed by atoms with Crippen LogP contribution in [0.2, 0.25) is 0 Å². The summed E-state index contributed by atoms with van der Waals surface area (Å²) in [6.07, 6.45) is 7.40. The molecule has 0 bridgehead atoms. The molecule has 1 nitrogen and oxygen atoms in total. The molecule has 0 atom stereocenters. The van der Waals surface area contributed by atoms with Crippen molar-refractivity contribution in [2.24, 2.45) is 0 Å². The van der Waals surface area contributed by atoms with Crippen LogP contribution < -0.4 is 5.32 Å². The van der Waals surface area contributed by atoms with Crippen molar-refractivity contribution in [1.29, 1.82) is 0 Å². The van der Waals surface area contributed by atoms with Gasteiger partial charge < -0.3 is 0 Å². The van der Waals surface area contributed by atoms with Crippen molar-refractivity contribution >= 4 is 29.1 Å². The Kier molecular flexibility index (Phi) is 4.17. The van der Waals surface area contributed by atoms with Gasteiger partial charge in [0.2, 0.25) is 0 Å². The molecule has 1 aromatic rings. The third-order valence-electron chi connectivity index (χ3n) is 3.02. The van der Waals surface area contributed by atoms with E-state index in [4.69, 9.17) is 0 Å². The van der Waals surface area contributed by atoms with Crippen LogP contribution in [0.4, 0.5) is 4.39 Å². The zero-order valence-electron chi connectivity index (χ0n) is 10.00. The van der Waals surface area contributed by atoms with Crippen molar-refractivity contribution in [3.63, 3.8) is 0 Å². The van der Waals surface area contributed by atoms with Gasteiger partial charge in [0.15, 0.2) is 0 Å². The second kappa shape index (κ2) is 5.46. The summed E-state index contributed by atoms with van der Waals surface area (Å²) < 4.78 is 13.0. The Hall–Kier alpha value is -0.450. The van der Waals surface area contributed by atoms with E-state index in [0.29, 0.717) is 0 Å². The van der Waals surface area contributed by atoms with Crippen LogP contribution in [0, 0.1) is 5.82 Å². The SMILES string of the molecule is CSC1(SC)CC(c2ccc(F)cc2)=CCN1. The van der Waals surface area contributed by atoms with Gasteiger partial charge in [-0.3, -0.25) is 5.32 Å². The maximum absolute atomic E-state index is 12.9. The van der Waals surface area contributed by atoms with Crippen LogP contribution in [0.15, 0.2) is 30.3 Å². The van der Waals surface area contributed by atoms with Gasteiger partial charge in [-0.25, -0.2) is 4.39 Å². The van der Waals surface area contributed by atoms with Crippen molar-refractivity contribution in [2.75, 3.05) is 19.1 Å². The lowest BCUT2D eigenvalue weighted by Gasteiger charge is -2.35. The number of rotatable bonds is 3. The lowest BCUT2D eigenvalue weighted by atomic mass is 10.00. The van der Waals surface area contributed by atoms with Crippen LogP contribution in [0.25, 0.3) is 5.57 Å². The Morgan fingerprint density at radius 2 is 1.82 bits per heavy atom. The van der Waals surface area contributed by atoms with Crippen molar-refractivity contribution in [2.45, 2.75) is 10.6 Å². The van der Waals surface area contributed by atoms with E-state index >= 15 is 0 Å². The van der Waals surface area contributed by atoms with E-state index in [2.05, 4.69) is 23.9 Å². The molecule has 0 unspecified atom stereocenters. The number of hydrogen-bond donors (Lipinski definition) is 1. The molecule has 1 aliphatic rings. The fourth-order valence-electron chi connectivity index (χ4n) is 1.97. The number of halogens is 1. The van der Waals surface area contributed by atoms with Gasteiger partial charge in [0.25, 0.3) is 0 Å². The van der Waals surface area contributed by atoms with Gasteiger partial charge in [-0.15, -0.1) is 23.5 Å². The molecular weight excluding hydrogens is 253 g/mol. The van der Waals surface area contributed by atoms with E-state index in [1.807, 2.05) is 35.7 Å². The van der Waals surface area contributed by atoms with Gasteiger partial charge in [0.05, 0.1) is 0 Å².